The number of aromatic nitrogens is 2. The molecule has 43 heavy (non-hydrogen) atoms. The summed E-state index contributed by atoms with van der Waals surface area (Å²) in [6.45, 7) is 10.4. The van der Waals surface area contributed by atoms with Crippen LogP contribution in [0.25, 0.3) is 11.8 Å². The van der Waals surface area contributed by atoms with Gasteiger partial charge in [0, 0.05) is 56.1 Å². The standard InChI is InChI=1S/C34H41N5O4/c1-22-26(21-38-16-12-24(13-17-38)23-7-9-25(10-8-23)32(41)37(5)6)19-28-29(11-15-35-31(22)28)39-18-14-27(20-30(39)40)36-33(42)43-34(2,3)4/h7-11,14-15,18-20,22,24H,12-13,16-17,21H2,1-6H3,(H,36,42). The van der Waals surface area contributed by atoms with Crippen LogP contribution < -0.4 is 10.9 Å². The molecule has 5 rings (SSSR count). The van der Waals surface area contributed by atoms with Crippen molar-refractivity contribution in [1.29, 1.82) is 0 Å². The Morgan fingerprint density at radius 1 is 1.07 bits per heavy atom. The molecule has 9 nitrogen and oxygen atoms in total. The molecule has 3 aromatic rings. The van der Waals surface area contributed by atoms with E-state index in [1.165, 1.54) is 17.2 Å². The monoisotopic (exact) mass is 583 g/mol. The maximum Gasteiger partial charge on any atom is 0.412 e. The molecule has 1 aliphatic carbocycles. The number of carbonyl (C=O) groups excluding carboxylic acids is 2. The van der Waals surface area contributed by atoms with Gasteiger partial charge in [-0.15, -0.1) is 0 Å². The number of anilines is 1. The zero-order chi connectivity index (χ0) is 30.9. The second kappa shape index (κ2) is 12.2. The molecule has 0 spiro atoms. The van der Waals surface area contributed by atoms with Gasteiger partial charge in [0.1, 0.15) is 5.60 Å². The Bertz CT molecular complexity index is 1590. The molecular weight excluding hydrogens is 542 g/mol. The van der Waals surface area contributed by atoms with Gasteiger partial charge in [-0.2, -0.15) is 0 Å². The number of rotatable bonds is 6. The van der Waals surface area contributed by atoms with Crippen LogP contribution >= 0.6 is 0 Å². The van der Waals surface area contributed by atoms with Gasteiger partial charge >= 0.3 is 6.09 Å². The first-order valence-electron chi connectivity index (χ1n) is 14.9. The molecule has 2 aromatic heterocycles. The molecule has 1 unspecified atom stereocenters. The smallest absolute Gasteiger partial charge is 0.412 e. The molecule has 0 saturated carbocycles. The Morgan fingerprint density at radius 3 is 2.40 bits per heavy atom. The number of benzene rings is 1. The van der Waals surface area contributed by atoms with Crippen LogP contribution in [0.1, 0.15) is 79.6 Å². The van der Waals surface area contributed by atoms with Gasteiger partial charge in [-0.05, 0) is 94.1 Å². The van der Waals surface area contributed by atoms with Gasteiger partial charge in [-0.1, -0.05) is 19.1 Å². The third kappa shape index (κ3) is 6.88. The lowest BCUT2D eigenvalue weighted by atomic mass is 9.88. The van der Waals surface area contributed by atoms with Crippen LogP contribution in [0.4, 0.5) is 10.5 Å². The zero-order valence-electron chi connectivity index (χ0n) is 25.9. The fraction of sp³-hybridized carbons (Fsp3) is 0.412. The fourth-order valence-electron chi connectivity index (χ4n) is 5.87. The molecule has 226 valence electrons. The number of likely N-dealkylation sites (tertiary alicyclic amines) is 1. The molecule has 0 radical (unpaired) electrons. The fourth-order valence-corrected chi connectivity index (χ4v) is 5.87. The summed E-state index contributed by atoms with van der Waals surface area (Å²) in [4.78, 5) is 46.3. The van der Waals surface area contributed by atoms with Gasteiger partial charge in [-0.25, -0.2) is 4.79 Å². The van der Waals surface area contributed by atoms with Crippen LogP contribution in [0.2, 0.25) is 0 Å². The lowest BCUT2D eigenvalue weighted by molar-refractivity contribution is 0.0635. The Balaban J connectivity index is 1.25. The molecule has 2 aliphatic rings. The average molecular weight is 584 g/mol. The van der Waals surface area contributed by atoms with Crippen molar-refractivity contribution < 1.29 is 14.3 Å². The zero-order valence-corrected chi connectivity index (χ0v) is 25.9. The summed E-state index contributed by atoms with van der Waals surface area (Å²) in [6, 6.07) is 13.0. The maximum atomic E-state index is 13.1. The number of pyridine rings is 2. The first-order valence-corrected chi connectivity index (χ1v) is 14.9. The highest BCUT2D eigenvalue weighted by atomic mass is 16.6. The molecule has 1 N–H and O–H groups in total. The van der Waals surface area contributed by atoms with E-state index in [0.717, 1.165) is 55.0 Å². The summed E-state index contributed by atoms with van der Waals surface area (Å²) >= 11 is 0. The van der Waals surface area contributed by atoms with E-state index >= 15 is 0 Å². The first kappa shape index (κ1) is 30.2. The van der Waals surface area contributed by atoms with Crippen LogP contribution in [-0.4, -0.2) is 70.7 Å². The predicted octanol–water partition coefficient (Wildman–Crippen LogP) is 5.66. The topological polar surface area (TPSA) is 96.8 Å². The summed E-state index contributed by atoms with van der Waals surface area (Å²) in [6.07, 6.45) is 7.15. The van der Waals surface area contributed by atoms with E-state index in [2.05, 4.69) is 40.3 Å². The minimum Gasteiger partial charge on any atom is -0.444 e. The van der Waals surface area contributed by atoms with E-state index in [-0.39, 0.29) is 17.4 Å². The second-order valence-corrected chi connectivity index (χ2v) is 12.7. The molecular formula is C34H41N5O4. The summed E-state index contributed by atoms with van der Waals surface area (Å²) in [5.41, 5.74) is 5.50. The quantitative estimate of drug-likeness (QED) is 0.402. The number of nitrogens with one attached hydrogen (secondary N) is 1. The van der Waals surface area contributed by atoms with Crippen molar-refractivity contribution >= 4 is 23.8 Å². The van der Waals surface area contributed by atoms with Crippen LogP contribution in [-0.2, 0) is 4.74 Å². The van der Waals surface area contributed by atoms with E-state index in [1.807, 2.05) is 18.2 Å². The van der Waals surface area contributed by atoms with Gasteiger partial charge < -0.3 is 9.64 Å². The van der Waals surface area contributed by atoms with Crippen molar-refractivity contribution in [2.24, 2.45) is 0 Å². The van der Waals surface area contributed by atoms with E-state index in [9.17, 15) is 14.4 Å². The Morgan fingerprint density at radius 2 is 1.77 bits per heavy atom. The first-order chi connectivity index (χ1) is 20.4. The Labute approximate surface area is 253 Å². The maximum absolute atomic E-state index is 13.1. The highest BCUT2D eigenvalue weighted by Gasteiger charge is 2.29. The molecule has 2 amide bonds. The molecule has 3 heterocycles. The third-order valence-corrected chi connectivity index (χ3v) is 8.15. The molecule has 1 saturated heterocycles. The number of hydrogen-bond donors (Lipinski definition) is 1. The second-order valence-electron chi connectivity index (χ2n) is 12.7. The van der Waals surface area contributed by atoms with Crippen molar-refractivity contribution in [1.82, 2.24) is 19.4 Å². The number of fused-ring (bicyclic) bond motifs is 1. The number of carbonyl (C=O) groups is 2. The Kier molecular flexibility index (Phi) is 8.55. The molecule has 1 aliphatic heterocycles. The van der Waals surface area contributed by atoms with Crippen molar-refractivity contribution in [2.75, 3.05) is 39.0 Å². The highest BCUT2D eigenvalue weighted by molar-refractivity contribution is 5.93. The average Bonchev–Trinajstić information content (AvgIpc) is 3.27. The molecule has 1 atom stereocenters. The van der Waals surface area contributed by atoms with Crippen LogP contribution in [0.3, 0.4) is 0 Å². The van der Waals surface area contributed by atoms with Crippen molar-refractivity contribution in [3.63, 3.8) is 0 Å². The summed E-state index contributed by atoms with van der Waals surface area (Å²) < 4.78 is 6.89. The number of amides is 2. The third-order valence-electron chi connectivity index (χ3n) is 8.15. The Hall–Kier alpha value is -4.24. The summed E-state index contributed by atoms with van der Waals surface area (Å²) in [5, 5.41) is 2.63. The SMILES string of the molecule is CC1C(CN2CCC(c3ccc(C(=O)N(C)C)cc3)CC2)=Cc2c(-n3ccc(NC(=O)OC(C)(C)C)cc3=O)ccnc21. The van der Waals surface area contributed by atoms with Gasteiger partial charge in [0.05, 0.1) is 17.1 Å². The largest absolute Gasteiger partial charge is 0.444 e. The van der Waals surface area contributed by atoms with Crippen LogP contribution in [0.15, 0.2) is 65.2 Å². The number of ether oxygens (including phenoxy) is 1. The van der Waals surface area contributed by atoms with E-state index in [4.69, 9.17) is 4.74 Å². The molecule has 9 heteroatoms. The minimum absolute atomic E-state index is 0.0241. The lowest BCUT2D eigenvalue weighted by Gasteiger charge is -2.33. The number of nitrogens with zero attached hydrogens (tertiary/aromatic N) is 4. The van der Waals surface area contributed by atoms with E-state index < -0.39 is 11.7 Å². The predicted molar refractivity (Wildman–Crippen MR) is 169 cm³/mol. The molecule has 0 bridgehead atoms. The van der Waals surface area contributed by atoms with Crippen LogP contribution in [0.5, 0.6) is 0 Å². The van der Waals surface area contributed by atoms with Gasteiger partial charge in [0.25, 0.3) is 11.5 Å². The minimum atomic E-state index is -0.631. The van der Waals surface area contributed by atoms with Gasteiger partial charge in [-0.3, -0.25) is 29.4 Å². The van der Waals surface area contributed by atoms with E-state index in [1.54, 1.807) is 62.8 Å². The van der Waals surface area contributed by atoms with Crippen molar-refractivity contribution in [2.45, 2.75) is 58.0 Å². The van der Waals surface area contributed by atoms with Crippen molar-refractivity contribution in [3.8, 4) is 5.69 Å². The van der Waals surface area contributed by atoms with E-state index in [0.29, 0.717) is 11.6 Å². The molecule has 1 aromatic carbocycles. The summed E-state index contributed by atoms with van der Waals surface area (Å²) in [7, 11) is 3.54. The van der Waals surface area contributed by atoms with Gasteiger partial charge in [0.15, 0.2) is 0 Å². The lowest BCUT2D eigenvalue weighted by Crippen LogP contribution is -2.34. The number of piperidine rings is 1. The summed E-state index contributed by atoms with van der Waals surface area (Å²) in [5.74, 6) is 0.661. The molecule has 1 fully saturated rings. The van der Waals surface area contributed by atoms with Gasteiger partial charge in [0.2, 0.25) is 0 Å². The number of hydrogen-bond acceptors (Lipinski definition) is 6. The normalized spacial score (nSPS) is 17.3. The highest BCUT2D eigenvalue weighted by Crippen LogP contribution is 2.38. The van der Waals surface area contributed by atoms with Crippen LogP contribution in [0, 0.1) is 0 Å². The van der Waals surface area contributed by atoms with Crippen molar-refractivity contribution in [3.05, 3.63) is 93.2 Å².